The summed E-state index contributed by atoms with van der Waals surface area (Å²) in [6.07, 6.45) is 2.68. The molecule has 0 bridgehead atoms. The van der Waals surface area contributed by atoms with Crippen LogP contribution in [0.1, 0.15) is 48.8 Å². The van der Waals surface area contributed by atoms with Gasteiger partial charge in [0.2, 0.25) is 0 Å². The van der Waals surface area contributed by atoms with E-state index in [0.717, 1.165) is 34.6 Å². The minimum Gasteiger partial charge on any atom is -0.491 e. The molecule has 1 aromatic carbocycles. The van der Waals surface area contributed by atoms with Crippen molar-refractivity contribution in [2.24, 2.45) is 11.7 Å². The molecule has 2 N–H and O–H groups in total. The fourth-order valence-electron chi connectivity index (χ4n) is 3.80. The van der Waals surface area contributed by atoms with Crippen molar-refractivity contribution in [3.63, 3.8) is 0 Å². The van der Waals surface area contributed by atoms with Crippen LogP contribution in [0.4, 0.5) is 0 Å². The van der Waals surface area contributed by atoms with Gasteiger partial charge in [-0.3, -0.25) is 9.78 Å². The predicted molar refractivity (Wildman–Crippen MR) is 108 cm³/mol. The first-order valence-corrected chi connectivity index (χ1v) is 9.44. The molecule has 1 atom stereocenters. The molecule has 2 heterocycles. The van der Waals surface area contributed by atoms with Crippen molar-refractivity contribution in [2.75, 3.05) is 13.7 Å². The van der Waals surface area contributed by atoms with Crippen molar-refractivity contribution in [2.45, 2.75) is 46.2 Å². The van der Waals surface area contributed by atoms with Gasteiger partial charge in [-0.15, -0.1) is 0 Å². The molecule has 1 amide bonds. The minimum atomic E-state index is -0.359. The van der Waals surface area contributed by atoms with E-state index in [1.807, 2.05) is 32.0 Å². The van der Waals surface area contributed by atoms with Crippen LogP contribution in [0.3, 0.4) is 0 Å². The van der Waals surface area contributed by atoms with Crippen molar-refractivity contribution in [3.8, 4) is 16.9 Å². The number of aromatic nitrogens is 1. The molecule has 0 fully saturated rings. The van der Waals surface area contributed by atoms with Gasteiger partial charge in [0.25, 0.3) is 5.91 Å². The molecule has 1 aliphatic heterocycles. The Hall–Kier alpha value is -2.40. The number of nitrogens with two attached hydrogens (primary N) is 1. The number of ether oxygens (including phenoxy) is 1. The van der Waals surface area contributed by atoms with Crippen molar-refractivity contribution >= 4 is 5.91 Å². The minimum absolute atomic E-state index is 0.0265. The van der Waals surface area contributed by atoms with Gasteiger partial charge in [0, 0.05) is 18.8 Å². The van der Waals surface area contributed by atoms with E-state index in [-0.39, 0.29) is 11.4 Å². The van der Waals surface area contributed by atoms with Crippen LogP contribution < -0.4 is 10.5 Å². The van der Waals surface area contributed by atoms with Gasteiger partial charge in [0.05, 0.1) is 17.8 Å². The predicted octanol–water partition coefficient (Wildman–Crippen LogP) is 3.78. The first-order valence-electron chi connectivity index (χ1n) is 9.44. The van der Waals surface area contributed by atoms with Crippen LogP contribution in [0.5, 0.6) is 5.75 Å². The molecule has 1 unspecified atom stereocenters. The molecule has 0 saturated heterocycles. The molecule has 1 aliphatic rings. The Labute approximate surface area is 161 Å². The van der Waals surface area contributed by atoms with Gasteiger partial charge in [0.15, 0.2) is 0 Å². The Balaban J connectivity index is 1.83. The van der Waals surface area contributed by atoms with Crippen molar-refractivity contribution in [3.05, 3.63) is 47.3 Å². The van der Waals surface area contributed by atoms with Gasteiger partial charge in [-0.05, 0) is 61.1 Å². The molecule has 2 aromatic rings. The van der Waals surface area contributed by atoms with Crippen LogP contribution in [-0.4, -0.2) is 35.0 Å². The number of carbonyl (C=O) groups excluding carboxylic acids is 1. The highest BCUT2D eigenvalue weighted by molar-refractivity contribution is 6.03. The summed E-state index contributed by atoms with van der Waals surface area (Å²) in [7, 11) is 1.80. The number of hydrogen-bond acceptors (Lipinski definition) is 4. The van der Waals surface area contributed by atoms with Crippen LogP contribution in [0.25, 0.3) is 11.1 Å². The Morgan fingerprint density at radius 1 is 1.33 bits per heavy atom. The first-order chi connectivity index (χ1) is 12.7. The lowest BCUT2D eigenvalue weighted by Gasteiger charge is -2.27. The summed E-state index contributed by atoms with van der Waals surface area (Å²) in [5, 5.41) is 0. The van der Waals surface area contributed by atoms with Crippen LogP contribution in [0, 0.1) is 12.8 Å². The van der Waals surface area contributed by atoms with E-state index < -0.39 is 0 Å². The first kappa shape index (κ1) is 19.4. The molecule has 0 spiro atoms. The molecule has 144 valence electrons. The Morgan fingerprint density at radius 2 is 2.07 bits per heavy atom. The molecule has 0 aliphatic carbocycles. The molecule has 0 saturated carbocycles. The molecule has 5 nitrogen and oxygen atoms in total. The summed E-state index contributed by atoms with van der Waals surface area (Å²) in [5.74, 6) is 1.38. The van der Waals surface area contributed by atoms with Crippen molar-refractivity contribution in [1.29, 1.82) is 0 Å². The highest BCUT2D eigenvalue weighted by Crippen LogP contribution is 2.33. The summed E-state index contributed by atoms with van der Waals surface area (Å²) in [4.78, 5) is 18.6. The van der Waals surface area contributed by atoms with Crippen molar-refractivity contribution in [1.82, 2.24) is 9.88 Å². The summed E-state index contributed by atoms with van der Waals surface area (Å²) in [5.41, 5.74) is 10.5. The molecule has 0 radical (unpaired) electrons. The average Bonchev–Trinajstić information content (AvgIpc) is 2.87. The number of fused-ring (bicyclic) bond motifs is 1. The van der Waals surface area contributed by atoms with Gasteiger partial charge < -0.3 is 15.4 Å². The second-order valence-corrected chi connectivity index (χ2v) is 8.36. The topological polar surface area (TPSA) is 68.5 Å². The van der Waals surface area contributed by atoms with E-state index in [4.69, 9.17) is 10.5 Å². The standard InChI is InChI=1S/C22H29N3O2/c1-14(2)11-22(4,23)13-27-19-7-6-16(10-15(19)3)17-8-9-24-18-12-25(5)21(26)20(17)18/h6-10,14H,11-13,23H2,1-5H3. The van der Waals surface area contributed by atoms with Gasteiger partial charge in [-0.25, -0.2) is 0 Å². The normalized spacial score (nSPS) is 15.8. The second kappa shape index (κ2) is 7.31. The van der Waals surface area contributed by atoms with Gasteiger partial charge in [-0.2, -0.15) is 0 Å². The molecule has 1 aromatic heterocycles. The summed E-state index contributed by atoms with van der Waals surface area (Å²) in [6.45, 7) is 9.41. The number of amides is 1. The lowest BCUT2D eigenvalue weighted by molar-refractivity contribution is 0.0817. The van der Waals surface area contributed by atoms with E-state index in [2.05, 4.69) is 24.9 Å². The zero-order chi connectivity index (χ0) is 19.8. The Kier molecular flexibility index (Phi) is 5.24. The Morgan fingerprint density at radius 3 is 2.74 bits per heavy atom. The number of rotatable bonds is 6. The van der Waals surface area contributed by atoms with E-state index in [1.54, 1.807) is 18.1 Å². The highest BCUT2D eigenvalue weighted by atomic mass is 16.5. The third-order valence-corrected chi connectivity index (χ3v) is 4.89. The summed E-state index contributed by atoms with van der Waals surface area (Å²) < 4.78 is 6.01. The third kappa shape index (κ3) is 4.14. The number of hydrogen-bond donors (Lipinski definition) is 1. The van der Waals surface area contributed by atoms with Crippen LogP contribution in [0.15, 0.2) is 30.5 Å². The lowest BCUT2D eigenvalue weighted by Crippen LogP contribution is -2.43. The average molecular weight is 367 g/mol. The maximum atomic E-state index is 12.5. The highest BCUT2D eigenvalue weighted by Gasteiger charge is 2.29. The largest absolute Gasteiger partial charge is 0.491 e. The third-order valence-electron chi connectivity index (χ3n) is 4.89. The maximum Gasteiger partial charge on any atom is 0.256 e. The maximum absolute atomic E-state index is 12.5. The number of pyridine rings is 1. The molecule has 5 heteroatoms. The number of benzene rings is 1. The van der Waals surface area contributed by atoms with E-state index in [9.17, 15) is 4.79 Å². The number of carbonyl (C=O) groups is 1. The molecule has 3 rings (SSSR count). The number of nitrogens with zero attached hydrogens (tertiary/aromatic N) is 2. The second-order valence-electron chi connectivity index (χ2n) is 8.36. The fraction of sp³-hybridized carbons (Fsp3) is 0.455. The SMILES string of the molecule is Cc1cc(-c2ccnc3c2C(=O)N(C)C3)ccc1OCC(C)(N)CC(C)C. The molecule has 27 heavy (non-hydrogen) atoms. The summed E-state index contributed by atoms with van der Waals surface area (Å²) in [6, 6.07) is 7.93. The van der Waals surface area contributed by atoms with Crippen LogP contribution in [-0.2, 0) is 6.54 Å². The van der Waals surface area contributed by atoms with Gasteiger partial charge in [0.1, 0.15) is 12.4 Å². The molecular weight excluding hydrogens is 338 g/mol. The Bertz CT molecular complexity index is 859. The number of aryl methyl sites for hydroxylation is 1. The van der Waals surface area contributed by atoms with Crippen LogP contribution >= 0.6 is 0 Å². The quantitative estimate of drug-likeness (QED) is 0.843. The van der Waals surface area contributed by atoms with Gasteiger partial charge >= 0.3 is 0 Å². The smallest absolute Gasteiger partial charge is 0.256 e. The van der Waals surface area contributed by atoms with E-state index >= 15 is 0 Å². The monoisotopic (exact) mass is 367 g/mol. The lowest BCUT2D eigenvalue weighted by atomic mass is 9.93. The van der Waals surface area contributed by atoms with E-state index in [0.29, 0.717) is 24.6 Å². The summed E-state index contributed by atoms with van der Waals surface area (Å²) >= 11 is 0. The van der Waals surface area contributed by atoms with E-state index in [1.165, 1.54) is 0 Å². The zero-order valence-corrected chi connectivity index (χ0v) is 16.9. The van der Waals surface area contributed by atoms with Crippen molar-refractivity contribution < 1.29 is 9.53 Å². The fourth-order valence-corrected chi connectivity index (χ4v) is 3.80. The zero-order valence-electron chi connectivity index (χ0n) is 16.9. The van der Waals surface area contributed by atoms with Crippen LogP contribution in [0.2, 0.25) is 0 Å². The van der Waals surface area contributed by atoms with Gasteiger partial charge in [-0.1, -0.05) is 19.9 Å². The molecular formula is C22H29N3O2.